The third kappa shape index (κ3) is 3.15. The zero-order valence-corrected chi connectivity index (χ0v) is 7.31. The maximum atomic E-state index is 3.00. The summed E-state index contributed by atoms with van der Waals surface area (Å²) in [6, 6.07) is 0. The second kappa shape index (κ2) is 5.24. The molecule has 41 valence electrons. The van der Waals surface area contributed by atoms with Gasteiger partial charge in [-0.15, -0.1) is 13.2 Å². The molecule has 0 aliphatic heterocycles. The Morgan fingerprint density at radius 2 is 2.12 bits per heavy atom. The van der Waals surface area contributed by atoms with Crippen LogP contribution in [0.25, 0.3) is 0 Å². The Balaban J connectivity index is 0.000000222. The summed E-state index contributed by atoms with van der Waals surface area (Å²) in [5.74, 6) is 0. The molecule has 1 aliphatic rings. The van der Waals surface area contributed by atoms with Crippen LogP contribution in [-0.4, -0.2) is 0 Å². The molecular weight excluding hydrogens is 175 g/mol. The van der Waals surface area contributed by atoms with Gasteiger partial charge >= 0.3 is 52.6 Å². The van der Waals surface area contributed by atoms with E-state index in [0.717, 1.165) is 0 Å². The van der Waals surface area contributed by atoms with Gasteiger partial charge in [-0.1, -0.05) is 0 Å². The average molecular weight is 184 g/mol. The van der Waals surface area contributed by atoms with Gasteiger partial charge in [-0.25, -0.2) is 0 Å². The standard InChI is InChI=1S/C5H5.C2H4.Zr/c1-2-4-5-3-1;1-2;/h1-3H,4H2;1-2H2;. The molecule has 0 radical (unpaired) electrons. The van der Waals surface area contributed by atoms with Crippen LogP contribution < -0.4 is 0 Å². The molecule has 0 bridgehead atoms. The number of hydrogen-bond donors (Lipinski definition) is 0. The number of rotatable bonds is 0. The van der Waals surface area contributed by atoms with Gasteiger partial charge in [0.1, 0.15) is 0 Å². The predicted molar refractivity (Wildman–Crippen MR) is 33.1 cm³/mol. The van der Waals surface area contributed by atoms with Crippen molar-refractivity contribution in [1.29, 1.82) is 0 Å². The van der Waals surface area contributed by atoms with Crippen molar-refractivity contribution < 1.29 is 24.7 Å². The molecule has 0 N–H and O–H groups in total. The van der Waals surface area contributed by atoms with Crippen molar-refractivity contribution in [2.75, 3.05) is 0 Å². The van der Waals surface area contributed by atoms with E-state index in [-0.39, 0.29) is 0 Å². The summed E-state index contributed by atoms with van der Waals surface area (Å²) in [6.45, 7) is 6.00. The van der Waals surface area contributed by atoms with E-state index in [1.807, 2.05) is 0 Å². The molecule has 0 spiro atoms. The van der Waals surface area contributed by atoms with Crippen molar-refractivity contribution in [2.24, 2.45) is 0 Å². The first kappa shape index (κ1) is 8.10. The van der Waals surface area contributed by atoms with Crippen LogP contribution in [0.1, 0.15) is 6.42 Å². The molecule has 0 nitrogen and oxygen atoms in total. The Bertz CT molecular complexity index is 112. The van der Waals surface area contributed by atoms with Crippen LogP contribution in [0.15, 0.2) is 34.7 Å². The molecule has 1 heteroatoms. The van der Waals surface area contributed by atoms with E-state index in [1.54, 1.807) is 28.0 Å². The fourth-order valence-electron chi connectivity index (χ4n) is 0.447. The molecule has 0 heterocycles. The number of hydrogen-bond acceptors (Lipinski definition) is 0. The van der Waals surface area contributed by atoms with Crippen molar-refractivity contribution in [3.8, 4) is 0 Å². The van der Waals surface area contributed by atoms with Gasteiger partial charge in [-0.2, -0.15) is 0 Å². The summed E-state index contributed by atoms with van der Waals surface area (Å²) < 4.78 is 1.56. The van der Waals surface area contributed by atoms with Crippen molar-refractivity contribution in [1.82, 2.24) is 0 Å². The van der Waals surface area contributed by atoms with E-state index in [9.17, 15) is 0 Å². The third-order valence-electron chi connectivity index (χ3n) is 0.771. The zero-order chi connectivity index (χ0) is 6.41. The quantitative estimate of drug-likeness (QED) is 0.506. The summed E-state index contributed by atoms with van der Waals surface area (Å²) >= 11 is 1.56. The molecule has 0 aromatic heterocycles. The molecule has 0 atom stereocenters. The summed E-state index contributed by atoms with van der Waals surface area (Å²) in [7, 11) is 0. The van der Waals surface area contributed by atoms with Crippen LogP contribution in [0.4, 0.5) is 0 Å². The Kier molecular flexibility index (Phi) is 5.31. The van der Waals surface area contributed by atoms with E-state index in [4.69, 9.17) is 0 Å². The molecule has 0 saturated heterocycles. The van der Waals surface area contributed by atoms with Crippen molar-refractivity contribution in [3.63, 3.8) is 0 Å². The predicted octanol–water partition coefficient (Wildman–Crippen LogP) is 2.18. The second-order valence-electron chi connectivity index (χ2n) is 1.32. The van der Waals surface area contributed by atoms with Gasteiger partial charge in [-0.3, -0.25) is 0 Å². The molecule has 0 amide bonds. The van der Waals surface area contributed by atoms with Gasteiger partial charge in [-0.05, 0) is 0 Å². The monoisotopic (exact) mass is 183 g/mol. The van der Waals surface area contributed by atoms with Crippen molar-refractivity contribution in [2.45, 2.75) is 6.42 Å². The van der Waals surface area contributed by atoms with E-state index in [2.05, 4.69) is 31.4 Å². The molecule has 0 unspecified atom stereocenters. The fourth-order valence-corrected chi connectivity index (χ4v) is 0.973. The summed E-state index contributed by atoms with van der Waals surface area (Å²) in [5.41, 5.74) is 0. The Hall–Kier alpha value is 0.103. The Morgan fingerprint density at radius 3 is 2.25 bits per heavy atom. The fraction of sp³-hybridized carbons (Fsp3) is 0.143. The average Bonchev–Trinajstić information content (AvgIpc) is 2.24. The van der Waals surface area contributed by atoms with Gasteiger partial charge in [0.15, 0.2) is 0 Å². The van der Waals surface area contributed by atoms with E-state index in [1.165, 1.54) is 6.42 Å². The summed E-state index contributed by atoms with van der Waals surface area (Å²) in [5, 5.41) is 0. The van der Waals surface area contributed by atoms with Crippen LogP contribution >= 0.6 is 0 Å². The minimum atomic E-state index is 1.21. The van der Waals surface area contributed by atoms with E-state index < -0.39 is 0 Å². The minimum absolute atomic E-state index is 1.21. The van der Waals surface area contributed by atoms with Crippen LogP contribution in [0.5, 0.6) is 0 Å². The SMILES string of the molecule is C=C.[Zr][C]1=CC=CC1. The molecule has 0 aromatic rings. The topological polar surface area (TPSA) is 0 Å². The molecule has 1 rings (SSSR count). The Labute approximate surface area is 65.8 Å². The third-order valence-corrected chi connectivity index (χ3v) is 1.68. The van der Waals surface area contributed by atoms with Gasteiger partial charge < -0.3 is 0 Å². The molecule has 0 saturated carbocycles. The van der Waals surface area contributed by atoms with E-state index in [0.29, 0.717) is 0 Å². The second-order valence-corrected chi connectivity index (χ2v) is 2.90. The van der Waals surface area contributed by atoms with Crippen LogP contribution in [0.2, 0.25) is 0 Å². The van der Waals surface area contributed by atoms with Gasteiger partial charge in [0, 0.05) is 0 Å². The first-order chi connectivity index (χ1) is 3.89. The number of allylic oxidation sites excluding steroid dienone is 4. The summed E-state index contributed by atoms with van der Waals surface area (Å²) in [6.07, 6.45) is 7.69. The van der Waals surface area contributed by atoms with Gasteiger partial charge in [0.2, 0.25) is 0 Å². The van der Waals surface area contributed by atoms with Gasteiger partial charge in [0.25, 0.3) is 0 Å². The van der Waals surface area contributed by atoms with Crippen LogP contribution in [0.3, 0.4) is 0 Å². The van der Waals surface area contributed by atoms with Crippen molar-refractivity contribution in [3.05, 3.63) is 34.7 Å². The van der Waals surface area contributed by atoms with Gasteiger partial charge in [0.05, 0.1) is 0 Å². The Morgan fingerprint density at radius 1 is 1.50 bits per heavy atom. The molecule has 0 aromatic carbocycles. The molecule has 8 heavy (non-hydrogen) atoms. The van der Waals surface area contributed by atoms with Crippen LogP contribution in [0, 0.1) is 0 Å². The first-order valence-corrected chi connectivity index (χ1v) is 3.70. The van der Waals surface area contributed by atoms with Crippen molar-refractivity contribution >= 4 is 0 Å². The maximum absolute atomic E-state index is 3.00. The summed E-state index contributed by atoms with van der Waals surface area (Å²) in [4.78, 5) is 0. The van der Waals surface area contributed by atoms with Crippen LogP contribution in [-0.2, 0) is 24.7 Å². The molecule has 0 fully saturated rings. The molecule has 1 aliphatic carbocycles. The normalized spacial score (nSPS) is 14.1. The first-order valence-electron chi connectivity index (χ1n) is 2.47. The zero-order valence-electron chi connectivity index (χ0n) is 4.85. The van der Waals surface area contributed by atoms with E-state index >= 15 is 0 Å². The molecular formula is C7H9Zr.